The van der Waals surface area contributed by atoms with Crippen molar-refractivity contribution in [3.63, 3.8) is 0 Å². The molecule has 0 aliphatic carbocycles. The van der Waals surface area contributed by atoms with Crippen molar-refractivity contribution in [3.05, 3.63) is 34.0 Å². The molecule has 116 valence electrons. The summed E-state index contributed by atoms with van der Waals surface area (Å²) in [7, 11) is 0. The highest BCUT2D eigenvalue weighted by Gasteiger charge is 2.39. The molecule has 0 spiro atoms. The number of carbonyl (C=O) groups excluding carboxylic acids is 1. The van der Waals surface area contributed by atoms with E-state index in [0.29, 0.717) is 0 Å². The summed E-state index contributed by atoms with van der Waals surface area (Å²) >= 11 is 0. The lowest BCUT2D eigenvalue weighted by molar-refractivity contribution is 0.0215. The van der Waals surface area contributed by atoms with Crippen LogP contribution in [0.3, 0.4) is 0 Å². The van der Waals surface area contributed by atoms with Crippen LogP contribution in [-0.4, -0.2) is 34.3 Å². The van der Waals surface area contributed by atoms with Crippen molar-refractivity contribution < 1.29 is 18.3 Å². The van der Waals surface area contributed by atoms with Gasteiger partial charge in [0.1, 0.15) is 17.6 Å². The van der Waals surface area contributed by atoms with Crippen LogP contribution in [0.4, 0.5) is 13.6 Å². The minimum atomic E-state index is -1.27. The van der Waals surface area contributed by atoms with Gasteiger partial charge < -0.3 is 9.72 Å². The number of amides is 1. The Labute approximate surface area is 120 Å². The van der Waals surface area contributed by atoms with Gasteiger partial charge in [-0.3, -0.25) is 9.69 Å². The molecule has 5 nitrogen and oxygen atoms in total. The smallest absolute Gasteiger partial charge is 0.410 e. The maximum absolute atomic E-state index is 13.7. The van der Waals surface area contributed by atoms with Crippen LogP contribution in [0, 0.1) is 5.82 Å². The molecule has 7 heteroatoms. The molecule has 2 rings (SSSR count). The summed E-state index contributed by atoms with van der Waals surface area (Å²) in [6, 6.07) is 0.202. The Bertz CT molecular complexity index is 595. The largest absolute Gasteiger partial charge is 0.444 e. The number of H-pyrrole nitrogens is 1. The molecule has 1 aliphatic rings. The van der Waals surface area contributed by atoms with Crippen LogP contribution in [0.1, 0.15) is 38.8 Å². The van der Waals surface area contributed by atoms with Crippen molar-refractivity contribution in [1.29, 1.82) is 0 Å². The first-order valence-corrected chi connectivity index (χ1v) is 6.69. The van der Waals surface area contributed by atoms with Crippen molar-refractivity contribution in [1.82, 2.24) is 9.88 Å². The third-order valence-corrected chi connectivity index (χ3v) is 3.13. The van der Waals surface area contributed by atoms with Crippen molar-refractivity contribution in [3.8, 4) is 0 Å². The second kappa shape index (κ2) is 5.46. The Balaban J connectivity index is 2.30. The Morgan fingerprint density at radius 3 is 2.76 bits per heavy atom. The second-order valence-corrected chi connectivity index (χ2v) is 6.08. The number of rotatable bonds is 1. The van der Waals surface area contributed by atoms with E-state index in [2.05, 4.69) is 4.98 Å². The fourth-order valence-electron chi connectivity index (χ4n) is 2.32. The maximum Gasteiger partial charge on any atom is 0.410 e. The van der Waals surface area contributed by atoms with Crippen molar-refractivity contribution in [2.75, 3.05) is 6.54 Å². The Morgan fingerprint density at radius 2 is 2.14 bits per heavy atom. The van der Waals surface area contributed by atoms with Crippen molar-refractivity contribution in [2.24, 2.45) is 0 Å². The van der Waals surface area contributed by atoms with E-state index in [4.69, 9.17) is 4.74 Å². The summed E-state index contributed by atoms with van der Waals surface area (Å²) in [5, 5.41) is 0. The van der Waals surface area contributed by atoms with Gasteiger partial charge in [0.25, 0.3) is 5.56 Å². The number of nitrogens with one attached hydrogen (secondary N) is 1. The molecule has 0 saturated carbocycles. The monoisotopic (exact) mass is 300 g/mol. The number of ether oxygens (including phenoxy) is 1. The predicted molar refractivity (Wildman–Crippen MR) is 72.2 cm³/mol. The molecule has 0 aromatic carbocycles. The number of aromatic nitrogens is 1. The average Bonchev–Trinajstić information content (AvgIpc) is 2.72. The Morgan fingerprint density at radius 1 is 1.48 bits per heavy atom. The van der Waals surface area contributed by atoms with Gasteiger partial charge in [-0.05, 0) is 26.8 Å². The van der Waals surface area contributed by atoms with Crippen molar-refractivity contribution in [2.45, 2.75) is 45.0 Å². The van der Waals surface area contributed by atoms with Crippen LogP contribution < -0.4 is 5.56 Å². The number of likely N-dealkylation sites (tertiary alicyclic amines) is 1. The highest BCUT2D eigenvalue weighted by atomic mass is 19.1. The molecule has 2 heterocycles. The van der Waals surface area contributed by atoms with Crippen LogP contribution in [-0.2, 0) is 4.74 Å². The first-order valence-electron chi connectivity index (χ1n) is 6.69. The molecule has 1 aromatic rings. The number of halogens is 2. The van der Waals surface area contributed by atoms with E-state index in [-0.39, 0.29) is 18.5 Å². The van der Waals surface area contributed by atoms with Gasteiger partial charge in [0.15, 0.2) is 0 Å². The molecule has 1 aliphatic heterocycles. The summed E-state index contributed by atoms with van der Waals surface area (Å²) in [6.07, 6.45) is -1.11. The number of carbonyl (C=O) groups is 1. The summed E-state index contributed by atoms with van der Waals surface area (Å²) < 4.78 is 32.2. The van der Waals surface area contributed by atoms with Crippen LogP contribution >= 0.6 is 0 Å². The minimum absolute atomic E-state index is 0.0287. The zero-order chi connectivity index (χ0) is 15.8. The summed E-state index contributed by atoms with van der Waals surface area (Å²) in [5.74, 6) is -0.643. The number of pyridine rings is 1. The molecule has 2 atom stereocenters. The molecule has 1 fully saturated rings. The second-order valence-electron chi connectivity index (χ2n) is 6.08. The lowest BCUT2D eigenvalue weighted by Crippen LogP contribution is -2.38. The quantitative estimate of drug-likeness (QED) is 0.867. The van der Waals surface area contributed by atoms with E-state index in [0.717, 1.165) is 17.2 Å². The predicted octanol–water partition coefficient (Wildman–Crippen LogP) is 2.53. The fraction of sp³-hybridized carbons (Fsp3) is 0.571. The van der Waals surface area contributed by atoms with Gasteiger partial charge in [0.05, 0.1) is 12.6 Å². The van der Waals surface area contributed by atoms with E-state index in [1.165, 1.54) is 0 Å². The molecule has 0 unspecified atom stereocenters. The van der Waals surface area contributed by atoms with Gasteiger partial charge in [0.2, 0.25) is 0 Å². The van der Waals surface area contributed by atoms with E-state index < -0.39 is 35.3 Å². The van der Waals surface area contributed by atoms with E-state index in [1.54, 1.807) is 20.8 Å². The zero-order valence-corrected chi connectivity index (χ0v) is 12.2. The molecular weight excluding hydrogens is 282 g/mol. The topological polar surface area (TPSA) is 62.4 Å². The third-order valence-electron chi connectivity index (χ3n) is 3.13. The van der Waals surface area contributed by atoms with E-state index in [1.807, 2.05) is 0 Å². The SMILES string of the molecule is CC(C)(C)OC(=O)N1C[C@@H](F)C[C@@H]1c1cc(F)c[nH]c1=O. The van der Waals surface area contributed by atoms with Crippen molar-refractivity contribution >= 4 is 6.09 Å². The molecule has 1 N–H and O–H groups in total. The van der Waals surface area contributed by atoms with Crippen LogP contribution in [0.5, 0.6) is 0 Å². The van der Waals surface area contributed by atoms with Gasteiger partial charge >= 0.3 is 6.09 Å². The molecule has 1 amide bonds. The van der Waals surface area contributed by atoms with Gasteiger partial charge in [-0.15, -0.1) is 0 Å². The van der Waals surface area contributed by atoms with Crippen LogP contribution in [0.15, 0.2) is 17.1 Å². The fourth-order valence-corrected chi connectivity index (χ4v) is 2.32. The number of hydrogen-bond acceptors (Lipinski definition) is 3. The summed E-state index contributed by atoms with van der Waals surface area (Å²) in [6.45, 7) is 4.91. The first kappa shape index (κ1) is 15.5. The van der Waals surface area contributed by atoms with Gasteiger partial charge in [-0.25, -0.2) is 13.6 Å². The van der Waals surface area contributed by atoms with Gasteiger partial charge in [0, 0.05) is 18.2 Å². The molecule has 1 saturated heterocycles. The highest BCUT2D eigenvalue weighted by molar-refractivity contribution is 5.69. The standard InChI is InChI=1S/C14H18F2N2O3/c1-14(2,3)21-13(20)18-7-9(16)5-11(18)10-4-8(15)6-17-12(10)19/h4,6,9,11H,5,7H2,1-3H3,(H,17,19)/t9-,11+/m0/s1. The van der Waals surface area contributed by atoms with Crippen LogP contribution in [0.25, 0.3) is 0 Å². The normalized spacial score (nSPS) is 22.4. The highest BCUT2D eigenvalue weighted by Crippen LogP contribution is 2.33. The van der Waals surface area contributed by atoms with Gasteiger partial charge in [-0.1, -0.05) is 0 Å². The molecular formula is C14H18F2N2O3. The Hall–Kier alpha value is -1.92. The van der Waals surface area contributed by atoms with Gasteiger partial charge in [-0.2, -0.15) is 0 Å². The lowest BCUT2D eigenvalue weighted by atomic mass is 10.1. The number of hydrogen-bond donors (Lipinski definition) is 1. The van der Waals surface area contributed by atoms with E-state index >= 15 is 0 Å². The zero-order valence-electron chi connectivity index (χ0n) is 12.2. The first-order chi connectivity index (χ1) is 9.67. The minimum Gasteiger partial charge on any atom is -0.444 e. The average molecular weight is 300 g/mol. The molecule has 1 aromatic heterocycles. The Kier molecular flexibility index (Phi) is 4.02. The third kappa shape index (κ3) is 3.59. The number of alkyl halides is 1. The molecule has 21 heavy (non-hydrogen) atoms. The molecule has 0 bridgehead atoms. The number of nitrogens with zero attached hydrogens (tertiary/aromatic N) is 1. The summed E-state index contributed by atoms with van der Waals surface area (Å²) in [4.78, 5) is 27.3. The maximum atomic E-state index is 13.7. The lowest BCUT2D eigenvalue weighted by Gasteiger charge is -2.28. The van der Waals surface area contributed by atoms with Crippen LogP contribution in [0.2, 0.25) is 0 Å². The summed E-state index contributed by atoms with van der Waals surface area (Å²) in [5.41, 5.74) is -1.24. The molecule has 0 radical (unpaired) electrons. The number of aromatic amines is 1. The van der Waals surface area contributed by atoms with E-state index in [9.17, 15) is 18.4 Å².